The van der Waals surface area contributed by atoms with Gasteiger partial charge in [0, 0.05) is 26.2 Å². The lowest BCUT2D eigenvalue weighted by Gasteiger charge is -2.34. The van der Waals surface area contributed by atoms with E-state index < -0.39 is 0 Å². The van der Waals surface area contributed by atoms with E-state index >= 15 is 0 Å². The fourth-order valence-corrected chi connectivity index (χ4v) is 7.49. The zero-order valence-electron chi connectivity index (χ0n) is 28.0. The molecule has 5 heteroatoms. The van der Waals surface area contributed by atoms with Crippen LogP contribution in [0.15, 0.2) is 84.9 Å². The molecule has 2 aliphatic heterocycles. The maximum Gasteiger partial charge on any atom is 0.194 e. The van der Waals surface area contributed by atoms with Crippen molar-refractivity contribution in [2.24, 2.45) is 0 Å². The number of nitrogens with one attached hydrogen (secondary N) is 1. The fraction of sp³-hybridized carbons (Fsp3) is 0.488. The second-order valence-corrected chi connectivity index (χ2v) is 13.7. The molecule has 1 N–H and O–H groups in total. The Morgan fingerprint density at radius 1 is 0.500 bits per heavy atom. The van der Waals surface area contributed by atoms with Gasteiger partial charge in [-0.3, -0.25) is 5.41 Å². The van der Waals surface area contributed by atoms with Crippen molar-refractivity contribution < 1.29 is 0 Å². The van der Waals surface area contributed by atoms with Crippen molar-refractivity contribution in [1.29, 1.82) is 5.41 Å². The molecule has 0 aromatic heterocycles. The van der Waals surface area contributed by atoms with Crippen LogP contribution >= 0.6 is 0 Å². The summed E-state index contributed by atoms with van der Waals surface area (Å²) in [6.45, 7) is 11.0. The Hall–Kier alpha value is -3.41. The summed E-state index contributed by atoms with van der Waals surface area (Å²) in [5.74, 6) is 0.681. The third-order valence-electron chi connectivity index (χ3n) is 10.2. The van der Waals surface area contributed by atoms with Crippen molar-refractivity contribution in [3.63, 3.8) is 0 Å². The van der Waals surface area contributed by atoms with Gasteiger partial charge in [-0.2, -0.15) is 0 Å². The summed E-state index contributed by atoms with van der Waals surface area (Å²) in [4.78, 5) is 10.0. The minimum absolute atomic E-state index is 0.681. The Morgan fingerprint density at radius 2 is 0.935 bits per heavy atom. The highest BCUT2D eigenvalue weighted by molar-refractivity contribution is 5.84. The van der Waals surface area contributed by atoms with Gasteiger partial charge in [0.1, 0.15) is 0 Å². The van der Waals surface area contributed by atoms with Gasteiger partial charge in [0.15, 0.2) is 5.96 Å². The zero-order chi connectivity index (χ0) is 31.4. The van der Waals surface area contributed by atoms with Crippen molar-refractivity contribution in [1.82, 2.24) is 19.6 Å². The highest BCUT2D eigenvalue weighted by Gasteiger charge is 2.19. The summed E-state index contributed by atoms with van der Waals surface area (Å²) in [5.41, 5.74) is 2.53. The molecule has 2 aliphatic rings. The van der Waals surface area contributed by atoms with Gasteiger partial charge in [0.05, 0.1) is 0 Å². The van der Waals surface area contributed by atoms with Crippen LogP contribution in [0.2, 0.25) is 0 Å². The minimum Gasteiger partial charge on any atom is -0.343 e. The second-order valence-electron chi connectivity index (χ2n) is 13.7. The van der Waals surface area contributed by atoms with Crippen molar-refractivity contribution >= 4 is 27.5 Å². The summed E-state index contributed by atoms with van der Waals surface area (Å²) >= 11 is 0. The lowest BCUT2D eigenvalue weighted by Crippen LogP contribution is -2.44. The highest BCUT2D eigenvalue weighted by atomic mass is 15.4. The van der Waals surface area contributed by atoms with Crippen molar-refractivity contribution in [2.75, 3.05) is 52.4 Å². The Labute approximate surface area is 277 Å². The molecule has 244 valence electrons. The molecule has 4 aromatic carbocycles. The second kappa shape index (κ2) is 16.9. The van der Waals surface area contributed by atoms with E-state index in [2.05, 4.69) is 105 Å². The van der Waals surface area contributed by atoms with Gasteiger partial charge >= 0.3 is 0 Å². The van der Waals surface area contributed by atoms with Gasteiger partial charge < -0.3 is 19.6 Å². The fourth-order valence-electron chi connectivity index (χ4n) is 7.49. The molecule has 2 fully saturated rings. The Kier molecular flexibility index (Phi) is 12.0. The normalized spacial score (nSPS) is 15.7. The molecule has 46 heavy (non-hydrogen) atoms. The largest absolute Gasteiger partial charge is 0.343 e. The maximum absolute atomic E-state index is 9.70. The maximum atomic E-state index is 9.70. The van der Waals surface area contributed by atoms with Gasteiger partial charge in [-0.15, -0.1) is 0 Å². The van der Waals surface area contributed by atoms with Gasteiger partial charge in [0.2, 0.25) is 0 Å². The first-order chi connectivity index (χ1) is 22.7. The molecule has 0 amide bonds. The smallest absolute Gasteiger partial charge is 0.194 e. The standard InChI is InChI=1S/C41H55N5/c42-41(45(29-9-1-7-23-43-25-11-12-26-43)30-10-2-8-24-44-27-13-14-28-44)46(33-35-19-21-37-15-3-5-17-39(37)31-35)34-36-20-22-38-16-4-6-18-40(38)32-36/h3-6,15-22,31-32,42H,1-2,7-14,23-30,33-34H2. The Balaban J connectivity index is 1.15. The summed E-state index contributed by atoms with van der Waals surface area (Å²) in [6, 6.07) is 30.8. The van der Waals surface area contributed by atoms with Crippen LogP contribution in [0.3, 0.4) is 0 Å². The van der Waals surface area contributed by atoms with Crippen molar-refractivity contribution in [3.05, 3.63) is 96.1 Å². The molecule has 6 rings (SSSR count). The van der Waals surface area contributed by atoms with E-state index in [0.717, 1.165) is 39.0 Å². The van der Waals surface area contributed by atoms with Crippen LogP contribution in [0.4, 0.5) is 0 Å². The van der Waals surface area contributed by atoms with E-state index in [9.17, 15) is 5.41 Å². The summed E-state index contributed by atoms with van der Waals surface area (Å²) in [7, 11) is 0. The highest BCUT2D eigenvalue weighted by Crippen LogP contribution is 2.22. The predicted molar refractivity (Wildman–Crippen MR) is 195 cm³/mol. The molecule has 0 radical (unpaired) electrons. The molecule has 2 heterocycles. The molecular weight excluding hydrogens is 562 g/mol. The molecule has 0 aliphatic carbocycles. The number of nitrogens with zero attached hydrogens (tertiary/aromatic N) is 4. The molecule has 0 spiro atoms. The Bertz CT molecular complexity index is 1410. The number of rotatable bonds is 16. The third-order valence-corrected chi connectivity index (χ3v) is 10.2. The summed E-state index contributed by atoms with van der Waals surface area (Å²) < 4.78 is 0. The van der Waals surface area contributed by atoms with E-state index in [-0.39, 0.29) is 0 Å². The number of guanidine groups is 1. The third kappa shape index (κ3) is 9.33. The molecule has 2 saturated heterocycles. The SMILES string of the molecule is N=C(N(CCCCCN1CCCC1)CCCCCN1CCCC1)N(Cc1ccc2ccccc2c1)Cc1ccc2ccccc2c1. The lowest BCUT2D eigenvalue weighted by atomic mass is 10.1. The monoisotopic (exact) mass is 617 g/mol. The number of likely N-dealkylation sites (tertiary alicyclic amines) is 2. The van der Waals surface area contributed by atoms with Crippen LogP contribution in [-0.4, -0.2) is 77.9 Å². The first-order valence-electron chi connectivity index (χ1n) is 18.2. The molecule has 0 atom stereocenters. The quantitative estimate of drug-likeness (QED) is 0.0775. The van der Waals surface area contributed by atoms with Gasteiger partial charge in [0.25, 0.3) is 0 Å². The van der Waals surface area contributed by atoms with E-state index in [1.54, 1.807) is 0 Å². The van der Waals surface area contributed by atoms with Gasteiger partial charge in [-0.1, -0.05) is 85.6 Å². The number of benzene rings is 4. The number of hydrogen-bond acceptors (Lipinski definition) is 3. The van der Waals surface area contributed by atoms with Gasteiger partial charge in [-0.05, 0) is 135 Å². The molecular formula is C41H55N5. The van der Waals surface area contributed by atoms with Crippen LogP contribution in [0.25, 0.3) is 21.5 Å². The summed E-state index contributed by atoms with van der Waals surface area (Å²) in [6.07, 6.45) is 12.8. The average Bonchev–Trinajstić information content (AvgIpc) is 3.81. The zero-order valence-corrected chi connectivity index (χ0v) is 28.0. The average molecular weight is 618 g/mol. The van der Waals surface area contributed by atoms with Crippen LogP contribution in [-0.2, 0) is 13.1 Å². The topological polar surface area (TPSA) is 36.8 Å². The molecule has 0 bridgehead atoms. The molecule has 4 aromatic rings. The van der Waals surface area contributed by atoms with E-state index in [1.807, 2.05) is 0 Å². The first kappa shape index (κ1) is 32.5. The lowest BCUT2D eigenvalue weighted by molar-refractivity contribution is 0.282. The van der Waals surface area contributed by atoms with Crippen molar-refractivity contribution in [2.45, 2.75) is 77.3 Å². The van der Waals surface area contributed by atoms with E-state index in [1.165, 1.54) is 123 Å². The minimum atomic E-state index is 0.681. The van der Waals surface area contributed by atoms with E-state index in [0.29, 0.717) is 5.96 Å². The number of fused-ring (bicyclic) bond motifs is 2. The van der Waals surface area contributed by atoms with Gasteiger partial charge in [-0.25, -0.2) is 0 Å². The van der Waals surface area contributed by atoms with Crippen molar-refractivity contribution in [3.8, 4) is 0 Å². The van der Waals surface area contributed by atoms with Crippen LogP contribution < -0.4 is 0 Å². The number of unbranched alkanes of at least 4 members (excludes halogenated alkanes) is 4. The van der Waals surface area contributed by atoms with E-state index in [4.69, 9.17) is 0 Å². The summed E-state index contributed by atoms with van der Waals surface area (Å²) in [5, 5.41) is 14.8. The predicted octanol–water partition coefficient (Wildman–Crippen LogP) is 8.76. The number of hydrogen-bond donors (Lipinski definition) is 1. The van der Waals surface area contributed by atoms with Crippen LogP contribution in [0, 0.1) is 5.41 Å². The molecule has 5 nitrogen and oxygen atoms in total. The molecule has 0 unspecified atom stereocenters. The van der Waals surface area contributed by atoms with Crippen LogP contribution in [0.1, 0.15) is 75.3 Å². The first-order valence-corrected chi connectivity index (χ1v) is 18.2. The Morgan fingerprint density at radius 3 is 1.39 bits per heavy atom. The van der Waals surface area contributed by atoms with Crippen LogP contribution in [0.5, 0.6) is 0 Å². The molecule has 0 saturated carbocycles.